The number of nitrogens with one attached hydrogen (secondary N) is 6. The van der Waals surface area contributed by atoms with Gasteiger partial charge in [0.05, 0.1) is 12.2 Å². The Balaban J connectivity index is 1.63. The molecule has 0 radical (unpaired) electrons. The molecule has 6 atom stereocenters. The van der Waals surface area contributed by atoms with E-state index in [1.807, 2.05) is 0 Å². The highest BCUT2D eigenvalue weighted by Gasteiger charge is 2.52. The summed E-state index contributed by atoms with van der Waals surface area (Å²) >= 11 is 0. The molecule has 26 heavy (non-hydrogen) atoms. The van der Waals surface area contributed by atoms with Crippen LogP contribution >= 0.6 is 0 Å². The first kappa shape index (κ1) is 17.3. The molecule has 0 aliphatic carbocycles. The molecule has 3 aliphatic rings. The second-order valence-electron chi connectivity index (χ2n) is 7.09. The van der Waals surface area contributed by atoms with Crippen molar-refractivity contribution in [2.75, 3.05) is 13.6 Å². The minimum absolute atomic E-state index is 0.0175. The van der Waals surface area contributed by atoms with E-state index in [9.17, 15) is 14.0 Å². The van der Waals surface area contributed by atoms with E-state index >= 15 is 0 Å². The smallest absolute Gasteiger partial charge is 0.238 e. The summed E-state index contributed by atoms with van der Waals surface area (Å²) in [6, 6.07) is 5.91. The quantitative estimate of drug-likeness (QED) is 0.407. The minimum Gasteiger partial charge on any atom is -0.358 e. The van der Waals surface area contributed by atoms with E-state index in [-0.39, 0.29) is 47.6 Å². The molecule has 3 saturated heterocycles. The van der Waals surface area contributed by atoms with E-state index in [1.165, 1.54) is 12.1 Å². The molecule has 3 aliphatic heterocycles. The van der Waals surface area contributed by atoms with Crippen LogP contribution in [0.3, 0.4) is 0 Å². The van der Waals surface area contributed by atoms with Crippen molar-refractivity contribution in [3.63, 3.8) is 0 Å². The number of carbonyl (C=O) groups excluding carboxylic acids is 2. The van der Waals surface area contributed by atoms with Crippen molar-refractivity contribution in [2.45, 2.75) is 24.7 Å². The van der Waals surface area contributed by atoms with Crippen molar-refractivity contribution in [3.05, 3.63) is 35.6 Å². The topological polar surface area (TPSA) is 106 Å². The van der Waals surface area contributed by atoms with E-state index < -0.39 is 6.04 Å². The van der Waals surface area contributed by atoms with Gasteiger partial charge in [0.15, 0.2) is 0 Å². The molecule has 1 aromatic carbocycles. The van der Waals surface area contributed by atoms with Gasteiger partial charge in [-0.2, -0.15) is 0 Å². The maximum Gasteiger partial charge on any atom is 0.238 e. The monoisotopic (exact) mass is 362 g/mol. The zero-order valence-corrected chi connectivity index (χ0v) is 14.4. The zero-order valence-electron chi connectivity index (χ0n) is 14.4. The molecule has 140 valence electrons. The number of hydrogen-bond donors (Lipinski definition) is 6. The molecule has 3 fully saturated rings. The lowest BCUT2D eigenvalue weighted by Crippen LogP contribution is -2.56. The molecule has 2 amide bonds. The van der Waals surface area contributed by atoms with Gasteiger partial charge >= 0.3 is 0 Å². The lowest BCUT2D eigenvalue weighted by atomic mass is 9.70. The summed E-state index contributed by atoms with van der Waals surface area (Å²) in [6.07, 6.45) is 0.0574. The van der Waals surface area contributed by atoms with Crippen molar-refractivity contribution >= 4 is 11.8 Å². The fourth-order valence-corrected chi connectivity index (χ4v) is 4.52. The molecule has 6 unspecified atom stereocenters. The van der Waals surface area contributed by atoms with Gasteiger partial charge in [-0.05, 0) is 29.5 Å². The molecule has 6 N–H and O–H groups in total. The Hall–Kier alpha value is -2.07. The third-order valence-corrected chi connectivity index (χ3v) is 5.73. The number of piperidine rings is 1. The number of halogens is 1. The van der Waals surface area contributed by atoms with Gasteiger partial charge in [-0.15, -0.1) is 0 Å². The average molecular weight is 362 g/mol. The number of benzene rings is 1. The Labute approximate surface area is 150 Å². The van der Waals surface area contributed by atoms with Crippen LogP contribution in [-0.2, 0) is 9.59 Å². The summed E-state index contributed by atoms with van der Waals surface area (Å²) in [5.41, 5.74) is 13.4. The summed E-state index contributed by atoms with van der Waals surface area (Å²) in [4.78, 5) is 24.5. The first-order chi connectivity index (χ1) is 12.6. The normalized spacial score (nSPS) is 36.5. The molecule has 9 heteroatoms. The highest BCUT2D eigenvalue weighted by molar-refractivity contribution is 5.84. The standard InChI is InChI=1S/C17H23FN6O2/c1-19-17(26)15-13-10(6-12(25)21-16(13)24-23-15)11-7-20-22-14(11)8-2-4-9(18)5-3-8/h2-5,10-11,13-16,20,22-24H,6-7H2,1H3,(H,19,26)(H,21,25). The lowest BCUT2D eigenvalue weighted by Gasteiger charge is -2.39. The van der Waals surface area contributed by atoms with Crippen LogP contribution in [-0.4, -0.2) is 37.6 Å². The van der Waals surface area contributed by atoms with Crippen molar-refractivity contribution < 1.29 is 14.0 Å². The number of hydrogen-bond acceptors (Lipinski definition) is 6. The predicted molar refractivity (Wildman–Crippen MR) is 91.4 cm³/mol. The molecule has 0 aromatic heterocycles. The van der Waals surface area contributed by atoms with Gasteiger partial charge in [-0.3, -0.25) is 15.0 Å². The fourth-order valence-electron chi connectivity index (χ4n) is 4.52. The minimum atomic E-state index is -0.426. The van der Waals surface area contributed by atoms with Gasteiger partial charge in [0.25, 0.3) is 0 Å². The molecular formula is C17H23FN6O2. The third kappa shape index (κ3) is 2.96. The number of fused-ring (bicyclic) bond motifs is 1. The SMILES string of the molecule is CNC(=O)C1NNC2NC(=O)CC(C3CNNC3c3ccc(F)cc3)C21. The van der Waals surface area contributed by atoms with Crippen molar-refractivity contribution in [3.8, 4) is 0 Å². The maximum absolute atomic E-state index is 13.3. The van der Waals surface area contributed by atoms with Gasteiger partial charge in [0.2, 0.25) is 11.8 Å². The Morgan fingerprint density at radius 2 is 1.92 bits per heavy atom. The van der Waals surface area contributed by atoms with E-state index in [1.54, 1.807) is 19.2 Å². The summed E-state index contributed by atoms with van der Waals surface area (Å²) in [5.74, 6) is -0.431. The van der Waals surface area contributed by atoms with E-state index in [0.29, 0.717) is 13.0 Å². The predicted octanol–water partition coefficient (Wildman–Crippen LogP) is -1.11. The number of amides is 2. The number of carbonyl (C=O) groups is 2. The molecule has 1 aromatic rings. The third-order valence-electron chi connectivity index (χ3n) is 5.73. The van der Waals surface area contributed by atoms with Crippen LogP contribution in [0.4, 0.5) is 4.39 Å². The van der Waals surface area contributed by atoms with Gasteiger partial charge < -0.3 is 10.6 Å². The Morgan fingerprint density at radius 3 is 2.65 bits per heavy atom. The van der Waals surface area contributed by atoms with E-state index in [4.69, 9.17) is 0 Å². The summed E-state index contributed by atoms with van der Waals surface area (Å²) < 4.78 is 13.3. The highest BCUT2D eigenvalue weighted by atomic mass is 19.1. The molecule has 0 saturated carbocycles. The second-order valence-corrected chi connectivity index (χ2v) is 7.09. The molecule has 4 rings (SSSR count). The fraction of sp³-hybridized carbons (Fsp3) is 0.529. The van der Waals surface area contributed by atoms with Crippen LogP contribution in [0.1, 0.15) is 18.0 Å². The van der Waals surface area contributed by atoms with Gasteiger partial charge in [0.1, 0.15) is 11.9 Å². The Morgan fingerprint density at radius 1 is 1.15 bits per heavy atom. The van der Waals surface area contributed by atoms with E-state index in [2.05, 4.69) is 32.3 Å². The molecule has 3 heterocycles. The van der Waals surface area contributed by atoms with Gasteiger partial charge in [-0.25, -0.2) is 20.7 Å². The number of likely N-dealkylation sites (N-methyl/N-ethyl adjacent to an activating group) is 1. The maximum atomic E-state index is 13.3. The zero-order chi connectivity index (χ0) is 18.3. The van der Waals surface area contributed by atoms with Crippen LogP contribution in [0.2, 0.25) is 0 Å². The molecule has 0 bridgehead atoms. The van der Waals surface area contributed by atoms with Crippen molar-refractivity contribution in [1.29, 1.82) is 0 Å². The summed E-state index contributed by atoms with van der Waals surface area (Å²) in [6.45, 7) is 0.670. The van der Waals surface area contributed by atoms with Crippen molar-refractivity contribution in [1.82, 2.24) is 32.3 Å². The number of hydrazine groups is 2. The van der Waals surface area contributed by atoms with Crippen LogP contribution in [0.5, 0.6) is 0 Å². The van der Waals surface area contributed by atoms with Crippen LogP contribution in [0.25, 0.3) is 0 Å². The van der Waals surface area contributed by atoms with Gasteiger partial charge in [-0.1, -0.05) is 12.1 Å². The Kier molecular flexibility index (Phi) is 4.62. The van der Waals surface area contributed by atoms with E-state index in [0.717, 1.165) is 5.56 Å². The van der Waals surface area contributed by atoms with Crippen molar-refractivity contribution in [2.24, 2.45) is 17.8 Å². The number of rotatable bonds is 3. The average Bonchev–Trinajstić information content (AvgIpc) is 3.28. The Bertz CT molecular complexity index is 699. The van der Waals surface area contributed by atoms with Crippen LogP contribution in [0.15, 0.2) is 24.3 Å². The van der Waals surface area contributed by atoms with Gasteiger partial charge in [0, 0.05) is 25.9 Å². The summed E-state index contributed by atoms with van der Waals surface area (Å²) in [7, 11) is 1.60. The van der Waals surface area contributed by atoms with Crippen LogP contribution < -0.4 is 32.3 Å². The molecule has 0 spiro atoms. The first-order valence-electron chi connectivity index (χ1n) is 8.84. The second kappa shape index (κ2) is 6.92. The molecular weight excluding hydrogens is 339 g/mol. The molecule has 8 nitrogen and oxygen atoms in total. The summed E-state index contributed by atoms with van der Waals surface area (Å²) in [5, 5.41) is 5.60. The highest BCUT2D eigenvalue weighted by Crippen LogP contribution is 2.41. The first-order valence-corrected chi connectivity index (χ1v) is 8.84. The van der Waals surface area contributed by atoms with Crippen LogP contribution in [0, 0.1) is 23.6 Å². The lowest BCUT2D eigenvalue weighted by molar-refractivity contribution is -0.130. The largest absolute Gasteiger partial charge is 0.358 e.